The Morgan fingerprint density at radius 2 is 2.03 bits per heavy atom. The summed E-state index contributed by atoms with van der Waals surface area (Å²) in [4.78, 5) is 38.8. The molecule has 0 bridgehead atoms. The van der Waals surface area contributed by atoms with Gasteiger partial charge in [0.05, 0.1) is 23.0 Å². The van der Waals surface area contributed by atoms with Crippen LogP contribution in [-0.4, -0.2) is 76.5 Å². The molecule has 9 nitrogen and oxygen atoms in total. The summed E-state index contributed by atoms with van der Waals surface area (Å²) in [7, 11) is 1.76. The minimum Gasteiger partial charge on any atom is -0.381 e. The first-order valence-corrected chi connectivity index (χ1v) is 12.8. The first-order valence-electron chi connectivity index (χ1n) is 12.4. The third kappa shape index (κ3) is 5.48. The second-order valence-electron chi connectivity index (χ2n) is 10.4. The highest BCUT2D eigenvalue weighted by Crippen LogP contribution is 2.38. The van der Waals surface area contributed by atoms with Crippen molar-refractivity contribution in [3.8, 4) is 11.3 Å². The molecule has 1 aromatic heterocycles. The molecule has 2 aromatic rings. The number of nitrogens with two attached hydrogens (primary N) is 1. The summed E-state index contributed by atoms with van der Waals surface area (Å²) in [6, 6.07) is 5.63. The molecule has 1 fully saturated rings. The van der Waals surface area contributed by atoms with Crippen molar-refractivity contribution < 1.29 is 14.3 Å². The van der Waals surface area contributed by atoms with E-state index in [0.717, 1.165) is 24.0 Å². The van der Waals surface area contributed by atoms with Gasteiger partial charge < -0.3 is 25.6 Å². The van der Waals surface area contributed by atoms with E-state index in [-0.39, 0.29) is 36.0 Å². The minimum atomic E-state index is -0.344. The number of nitrogens with one attached hydrogen (secondary N) is 1. The van der Waals surface area contributed by atoms with Gasteiger partial charge in [0.1, 0.15) is 6.54 Å². The van der Waals surface area contributed by atoms with Gasteiger partial charge in [-0.25, -0.2) is 9.97 Å². The second kappa shape index (κ2) is 10.7. The highest BCUT2D eigenvalue weighted by molar-refractivity contribution is 6.33. The fraction of sp³-hybridized carbons (Fsp3) is 0.538. The number of hydrogen-bond donors (Lipinski definition) is 2. The molecule has 0 spiro atoms. The smallest absolute Gasteiger partial charge is 0.255 e. The molecule has 0 aliphatic carbocycles. The number of carbonyl (C=O) groups is 2. The van der Waals surface area contributed by atoms with Crippen molar-refractivity contribution in [1.29, 1.82) is 0 Å². The normalized spacial score (nSPS) is 18.3. The molecule has 3 N–H and O–H groups in total. The van der Waals surface area contributed by atoms with Crippen LogP contribution < -0.4 is 11.1 Å². The van der Waals surface area contributed by atoms with Gasteiger partial charge in [0.2, 0.25) is 11.9 Å². The minimum absolute atomic E-state index is 0.00524. The molecule has 194 valence electrons. The van der Waals surface area contributed by atoms with Crippen LogP contribution in [0.1, 0.15) is 62.0 Å². The summed E-state index contributed by atoms with van der Waals surface area (Å²) >= 11 is 6.48. The van der Waals surface area contributed by atoms with Crippen molar-refractivity contribution in [2.24, 2.45) is 5.73 Å². The van der Waals surface area contributed by atoms with Gasteiger partial charge >= 0.3 is 0 Å². The van der Waals surface area contributed by atoms with Crippen molar-refractivity contribution in [3.63, 3.8) is 0 Å². The summed E-state index contributed by atoms with van der Waals surface area (Å²) in [5, 5.41) is 3.76. The van der Waals surface area contributed by atoms with E-state index in [4.69, 9.17) is 22.1 Å². The zero-order valence-electron chi connectivity index (χ0n) is 21.4. The topological polar surface area (TPSA) is 114 Å². The molecule has 0 saturated carbocycles. The monoisotopic (exact) mass is 514 g/mol. The van der Waals surface area contributed by atoms with E-state index in [9.17, 15) is 9.59 Å². The lowest BCUT2D eigenvalue weighted by Gasteiger charge is -2.34. The number of rotatable bonds is 7. The lowest BCUT2D eigenvalue weighted by atomic mass is 9.98. The molecule has 10 heteroatoms. The quantitative estimate of drug-likeness (QED) is 0.581. The number of hydrogen-bond acceptors (Lipinski definition) is 7. The third-order valence-electron chi connectivity index (χ3n) is 6.98. The Kier molecular flexibility index (Phi) is 7.82. The van der Waals surface area contributed by atoms with E-state index in [2.05, 4.69) is 15.3 Å². The van der Waals surface area contributed by atoms with E-state index in [1.54, 1.807) is 23.0 Å². The van der Waals surface area contributed by atoms with Crippen LogP contribution in [0.3, 0.4) is 0 Å². The molecule has 2 amide bonds. The Labute approximate surface area is 217 Å². The predicted octanol–water partition coefficient (Wildman–Crippen LogP) is 3.49. The SMILES string of the molecule is CN(C(=O)CN1C(=O)c2cc(-c3nc(NC4CCOCC4)ncc3Cl)ccc2C1CCN)C(C)(C)C. The van der Waals surface area contributed by atoms with Crippen LogP contribution >= 0.6 is 11.6 Å². The Morgan fingerprint density at radius 1 is 1.31 bits per heavy atom. The number of amides is 2. The van der Waals surface area contributed by atoms with Gasteiger partial charge in [0.25, 0.3) is 5.91 Å². The molecule has 1 aromatic carbocycles. The van der Waals surface area contributed by atoms with E-state index in [0.29, 0.717) is 48.4 Å². The molecular formula is C26H35ClN6O3. The van der Waals surface area contributed by atoms with Crippen molar-refractivity contribution >= 4 is 29.4 Å². The van der Waals surface area contributed by atoms with Gasteiger partial charge in [-0.2, -0.15) is 0 Å². The zero-order valence-corrected chi connectivity index (χ0v) is 22.1. The fourth-order valence-corrected chi connectivity index (χ4v) is 4.78. The standard InChI is InChI=1S/C26H35ClN6O3/c1-26(2,3)32(4)22(34)15-33-21(7-10-28)18-6-5-16(13-19(18)24(33)35)23-20(27)14-29-25(31-23)30-17-8-11-36-12-9-17/h5-6,13-14,17,21H,7-12,15,28H2,1-4H3,(H,29,30,31). The number of aromatic nitrogens is 2. The van der Waals surface area contributed by atoms with E-state index in [1.165, 1.54) is 0 Å². The van der Waals surface area contributed by atoms with Gasteiger partial charge in [0.15, 0.2) is 0 Å². The molecule has 36 heavy (non-hydrogen) atoms. The number of anilines is 1. The summed E-state index contributed by atoms with van der Waals surface area (Å²) in [5.74, 6) is 0.187. The van der Waals surface area contributed by atoms with Crippen molar-refractivity contribution in [2.75, 3.05) is 38.7 Å². The molecule has 2 aliphatic rings. The highest BCUT2D eigenvalue weighted by atomic mass is 35.5. The molecule has 1 atom stereocenters. The Balaban J connectivity index is 1.61. The van der Waals surface area contributed by atoms with Crippen LogP contribution in [0.2, 0.25) is 5.02 Å². The number of benzene rings is 1. The average molecular weight is 515 g/mol. The van der Waals surface area contributed by atoms with Crippen LogP contribution in [0.4, 0.5) is 5.95 Å². The zero-order chi connectivity index (χ0) is 26.0. The molecular weight excluding hydrogens is 480 g/mol. The van der Waals surface area contributed by atoms with Crippen LogP contribution in [-0.2, 0) is 9.53 Å². The first kappa shape index (κ1) is 26.3. The van der Waals surface area contributed by atoms with E-state index < -0.39 is 0 Å². The van der Waals surface area contributed by atoms with Crippen molar-refractivity contribution in [2.45, 2.75) is 57.7 Å². The maximum absolute atomic E-state index is 13.5. The first-order chi connectivity index (χ1) is 17.1. The molecule has 4 rings (SSSR count). The maximum Gasteiger partial charge on any atom is 0.255 e. The van der Waals surface area contributed by atoms with Gasteiger partial charge in [-0.3, -0.25) is 9.59 Å². The molecule has 3 heterocycles. The van der Waals surface area contributed by atoms with Gasteiger partial charge in [-0.1, -0.05) is 23.7 Å². The molecule has 0 radical (unpaired) electrons. The molecule has 2 aliphatic heterocycles. The maximum atomic E-state index is 13.5. The number of carbonyl (C=O) groups excluding carboxylic acids is 2. The van der Waals surface area contributed by atoms with Crippen LogP contribution in [0.15, 0.2) is 24.4 Å². The number of halogens is 1. The Hall–Kier alpha value is -2.75. The lowest BCUT2D eigenvalue weighted by molar-refractivity contribution is -0.135. The highest BCUT2D eigenvalue weighted by Gasteiger charge is 2.38. The fourth-order valence-electron chi connectivity index (χ4n) is 4.58. The largest absolute Gasteiger partial charge is 0.381 e. The van der Waals surface area contributed by atoms with Gasteiger partial charge in [-0.05, 0) is 58.2 Å². The number of fused-ring (bicyclic) bond motifs is 1. The number of nitrogens with zero attached hydrogens (tertiary/aromatic N) is 4. The predicted molar refractivity (Wildman–Crippen MR) is 140 cm³/mol. The molecule has 1 saturated heterocycles. The van der Waals surface area contributed by atoms with Crippen LogP contribution in [0, 0.1) is 0 Å². The second-order valence-corrected chi connectivity index (χ2v) is 10.8. The summed E-state index contributed by atoms with van der Waals surface area (Å²) in [5.41, 5.74) is 8.22. The van der Waals surface area contributed by atoms with Gasteiger partial charge in [-0.15, -0.1) is 0 Å². The van der Waals surface area contributed by atoms with Crippen molar-refractivity contribution in [1.82, 2.24) is 19.8 Å². The third-order valence-corrected chi connectivity index (χ3v) is 7.25. The molecule has 1 unspecified atom stereocenters. The number of ether oxygens (including phenoxy) is 1. The summed E-state index contributed by atoms with van der Waals surface area (Å²) < 4.78 is 5.42. The summed E-state index contributed by atoms with van der Waals surface area (Å²) in [6.45, 7) is 7.70. The van der Waals surface area contributed by atoms with Crippen LogP contribution in [0.25, 0.3) is 11.3 Å². The van der Waals surface area contributed by atoms with Crippen molar-refractivity contribution in [3.05, 3.63) is 40.5 Å². The lowest BCUT2D eigenvalue weighted by Crippen LogP contribution is -2.48. The Bertz CT molecular complexity index is 1130. The van der Waals surface area contributed by atoms with Gasteiger partial charge in [0, 0.05) is 43.0 Å². The number of likely N-dealkylation sites (N-methyl/N-ethyl adjacent to an activating group) is 1. The van der Waals surface area contributed by atoms with Crippen LogP contribution in [0.5, 0.6) is 0 Å². The summed E-state index contributed by atoms with van der Waals surface area (Å²) in [6.07, 6.45) is 3.91. The average Bonchev–Trinajstić information content (AvgIpc) is 3.10. The van der Waals surface area contributed by atoms with E-state index >= 15 is 0 Å². The van der Waals surface area contributed by atoms with E-state index in [1.807, 2.05) is 39.0 Å². The Morgan fingerprint density at radius 3 is 2.69 bits per heavy atom.